The molecule has 0 heterocycles. The van der Waals surface area contributed by atoms with Crippen molar-refractivity contribution in [3.8, 4) is 0 Å². The minimum atomic E-state index is -0.283. The highest BCUT2D eigenvalue weighted by molar-refractivity contribution is 5.94. The molecule has 22 heavy (non-hydrogen) atoms. The van der Waals surface area contributed by atoms with Crippen LogP contribution < -0.4 is 10.6 Å². The van der Waals surface area contributed by atoms with Crippen LogP contribution in [0, 0.1) is 5.82 Å². The van der Waals surface area contributed by atoms with Gasteiger partial charge in [0, 0.05) is 17.3 Å². The van der Waals surface area contributed by atoms with E-state index in [9.17, 15) is 14.0 Å². The number of carbonyl (C=O) groups excluding carboxylic acids is 2. The number of halogens is 1. The third-order valence-electron chi connectivity index (χ3n) is 3.18. The summed E-state index contributed by atoms with van der Waals surface area (Å²) in [6, 6.07) is 12.8. The maximum atomic E-state index is 13.1. The highest BCUT2D eigenvalue weighted by atomic mass is 19.1. The van der Waals surface area contributed by atoms with Crippen molar-refractivity contribution >= 4 is 18.0 Å². The monoisotopic (exact) mass is 300 g/mol. The fourth-order valence-corrected chi connectivity index (χ4v) is 2.16. The number of hydrogen-bond acceptors (Lipinski definition) is 2. The van der Waals surface area contributed by atoms with E-state index in [1.54, 1.807) is 30.3 Å². The van der Waals surface area contributed by atoms with E-state index < -0.39 is 0 Å². The van der Waals surface area contributed by atoms with Crippen molar-refractivity contribution in [2.24, 2.45) is 0 Å². The highest BCUT2D eigenvalue weighted by Gasteiger charge is 2.10. The van der Waals surface area contributed by atoms with Crippen LogP contribution in [0.15, 0.2) is 48.5 Å². The first-order chi connectivity index (χ1) is 10.6. The smallest absolute Gasteiger partial charge is 0.251 e. The van der Waals surface area contributed by atoms with Crippen LogP contribution in [0.5, 0.6) is 0 Å². The van der Waals surface area contributed by atoms with E-state index in [4.69, 9.17) is 0 Å². The summed E-state index contributed by atoms with van der Waals surface area (Å²) in [5.74, 6) is -0.490. The van der Waals surface area contributed by atoms with E-state index in [1.807, 2.05) is 13.0 Å². The van der Waals surface area contributed by atoms with E-state index in [0.717, 1.165) is 5.56 Å². The van der Waals surface area contributed by atoms with Crippen LogP contribution in [0.2, 0.25) is 0 Å². The molecule has 0 aromatic heterocycles. The Morgan fingerprint density at radius 2 is 1.95 bits per heavy atom. The summed E-state index contributed by atoms with van der Waals surface area (Å²) in [4.78, 5) is 22.4. The van der Waals surface area contributed by atoms with Crippen LogP contribution in [-0.4, -0.2) is 18.4 Å². The summed E-state index contributed by atoms with van der Waals surface area (Å²) in [6.07, 6.45) is 1.13. The van der Waals surface area contributed by atoms with Crippen molar-refractivity contribution in [1.29, 1.82) is 0 Å². The lowest BCUT2D eigenvalue weighted by Gasteiger charge is -2.14. The first-order valence-corrected chi connectivity index (χ1v) is 6.94. The van der Waals surface area contributed by atoms with Gasteiger partial charge in [-0.15, -0.1) is 0 Å². The van der Waals surface area contributed by atoms with E-state index >= 15 is 0 Å². The molecule has 0 bridgehead atoms. The minimum Gasteiger partial charge on any atom is -0.349 e. The van der Waals surface area contributed by atoms with Gasteiger partial charge in [0.1, 0.15) is 5.82 Å². The Bertz CT molecular complexity index is 656. The molecule has 0 aliphatic heterocycles. The molecule has 0 spiro atoms. The lowest BCUT2D eigenvalue weighted by atomic mass is 10.1. The molecule has 0 aliphatic carbocycles. The summed E-state index contributed by atoms with van der Waals surface area (Å²) in [5, 5.41) is 5.37. The van der Waals surface area contributed by atoms with Crippen molar-refractivity contribution < 1.29 is 14.0 Å². The number of benzene rings is 2. The summed E-state index contributed by atoms with van der Waals surface area (Å²) in [7, 11) is 0. The van der Waals surface area contributed by atoms with Crippen molar-refractivity contribution in [2.45, 2.75) is 19.4 Å². The average molecular weight is 300 g/mol. The van der Waals surface area contributed by atoms with Crippen molar-refractivity contribution in [1.82, 2.24) is 5.32 Å². The molecule has 1 unspecified atom stereocenters. The highest BCUT2D eigenvalue weighted by Crippen LogP contribution is 2.10. The van der Waals surface area contributed by atoms with Gasteiger partial charge in [-0.2, -0.15) is 0 Å². The molecular weight excluding hydrogens is 283 g/mol. The second-order valence-corrected chi connectivity index (χ2v) is 5.05. The first-order valence-electron chi connectivity index (χ1n) is 6.94. The lowest BCUT2D eigenvalue weighted by Crippen LogP contribution is -2.34. The average Bonchev–Trinajstić information content (AvgIpc) is 2.48. The van der Waals surface area contributed by atoms with Crippen molar-refractivity contribution in [2.75, 3.05) is 5.32 Å². The van der Waals surface area contributed by atoms with Gasteiger partial charge in [0.15, 0.2) is 0 Å². The molecule has 2 N–H and O–H groups in total. The Balaban J connectivity index is 1.94. The zero-order chi connectivity index (χ0) is 15.9. The van der Waals surface area contributed by atoms with Gasteiger partial charge in [-0.05, 0) is 55.3 Å². The maximum Gasteiger partial charge on any atom is 0.251 e. The molecule has 2 aromatic carbocycles. The molecular formula is C17H17FN2O2. The lowest BCUT2D eigenvalue weighted by molar-refractivity contribution is -0.105. The van der Waals surface area contributed by atoms with E-state index in [-0.39, 0.29) is 17.8 Å². The van der Waals surface area contributed by atoms with Crippen LogP contribution in [-0.2, 0) is 11.2 Å². The normalized spacial score (nSPS) is 11.5. The topological polar surface area (TPSA) is 58.2 Å². The fourth-order valence-electron chi connectivity index (χ4n) is 2.16. The van der Waals surface area contributed by atoms with Gasteiger partial charge in [0.2, 0.25) is 6.41 Å². The molecule has 2 rings (SSSR count). The number of nitrogens with one attached hydrogen (secondary N) is 2. The summed E-state index contributed by atoms with van der Waals surface area (Å²) < 4.78 is 13.1. The maximum absolute atomic E-state index is 13.1. The zero-order valence-electron chi connectivity index (χ0n) is 12.2. The second kappa shape index (κ2) is 7.36. The van der Waals surface area contributed by atoms with Gasteiger partial charge in [0.25, 0.3) is 5.91 Å². The van der Waals surface area contributed by atoms with Crippen molar-refractivity contribution in [3.05, 3.63) is 65.5 Å². The van der Waals surface area contributed by atoms with Gasteiger partial charge < -0.3 is 10.6 Å². The van der Waals surface area contributed by atoms with Gasteiger partial charge in [-0.25, -0.2) is 4.39 Å². The predicted octanol–water partition coefficient (Wildman–Crippen LogP) is 2.76. The number of amides is 2. The SMILES string of the molecule is CC(Cc1cccc(F)c1)NC(=O)c1ccc(NC=O)cc1. The second-order valence-electron chi connectivity index (χ2n) is 5.05. The molecule has 2 amide bonds. The molecule has 114 valence electrons. The fraction of sp³-hybridized carbons (Fsp3) is 0.176. The molecule has 0 saturated carbocycles. The van der Waals surface area contributed by atoms with E-state index in [2.05, 4.69) is 10.6 Å². The van der Waals surface area contributed by atoms with E-state index in [0.29, 0.717) is 24.1 Å². The Labute approximate surface area is 128 Å². The van der Waals surface area contributed by atoms with Gasteiger partial charge in [-0.3, -0.25) is 9.59 Å². The van der Waals surface area contributed by atoms with Crippen molar-refractivity contribution in [3.63, 3.8) is 0 Å². The number of rotatable bonds is 6. The van der Waals surface area contributed by atoms with Gasteiger partial charge >= 0.3 is 0 Å². The number of hydrogen-bond donors (Lipinski definition) is 2. The molecule has 4 nitrogen and oxygen atoms in total. The largest absolute Gasteiger partial charge is 0.349 e. The Kier molecular flexibility index (Phi) is 5.25. The molecule has 0 radical (unpaired) electrons. The molecule has 2 aromatic rings. The number of carbonyl (C=O) groups is 2. The van der Waals surface area contributed by atoms with Gasteiger partial charge in [0.05, 0.1) is 0 Å². The quantitative estimate of drug-likeness (QED) is 0.806. The zero-order valence-corrected chi connectivity index (χ0v) is 12.2. The predicted molar refractivity (Wildman–Crippen MR) is 83.2 cm³/mol. The molecule has 0 fully saturated rings. The molecule has 1 atom stereocenters. The van der Waals surface area contributed by atoms with E-state index in [1.165, 1.54) is 12.1 Å². The summed E-state index contributed by atoms with van der Waals surface area (Å²) in [6.45, 7) is 1.87. The third-order valence-corrected chi connectivity index (χ3v) is 3.18. The Morgan fingerprint density at radius 3 is 2.59 bits per heavy atom. The van der Waals surface area contributed by atoms with Crippen LogP contribution in [0.3, 0.4) is 0 Å². The summed E-state index contributed by atoms with van der Waals surface area (Å²) in [5.41, 5.74) is 1.96. The Hall–Kier alpha value is -2.69. The molecule has 0 saturated heterocycles. The third kappa shape index (κ3) is 4.41. The van der Waals surface area contributed by atoms with Crippen LogP contribution >= 0.6 is 0 Å². The first kappa shape index (κ1) is 15.7. The van der Waals surface area contributed by atoms with Crippen LogP contribution in [0.25, 0.3) is 0 Å². The molecule has 5 heteroatoms. The Morgan fingerprint density at radius 1 is 1.23 bits per heavy atom. The minimum absolute atomic E-state index is 0.123. The van der Waals surface area contributed by atoms with Gasteiger partial charge in [-0.1, -0.05) is 12.1 Å². The number of anilines is 1. The van der Waals surface area contributed by atoms with Crippen LogP contribution in [0.4, 0.5) is 10.1 Å². The summed E-state index contributed by atoms with van der Waals surface area (Å²) >= 11 is 0. The van der Waals surface area contributed by atoms with Crippen LogP contribution in [0.1, 0.15) is 22.8 Å². The molecule has 0 aliphatic rings. The standard InChI is InChI=1S/C17H17FN2O2/c1-12(9-13-3-2-4-15(18)10-13)20-17(22)14-5-7-16(8-6-14)19-11-21/h2-8,10-12H,9H2,1H3,(H,19,21)(H,20,22).